The lowest BCUT2D eigenvalue weighted by atomic mass is 10.0. The van der Waals surface area contributed by atoms with Crippen LogP contribution >= 0.6 is 0 Å². The number of nitrogens with zero attached hydrogens (tertiary/aromatic N) is 1. The summed E-state index contributed by atoms with van der Waals surface area (Å²) < 4.78 is 0. The summed E-state index contributed by atoms with van der Waals surface area (Å²) in [7, 11) is 0. The van der Waals surface area contributed by atoms with Crippen LogP contribution in [0.4, 0.5) is 5.69 Å². The van der Waals surface area contributed by atoms with Gasteiger partial charge in [0.05, 0.1) is 6.42 Å². The number of fused-ring (bicyclic) bond motifs is 1. The number of anilines is 1. The molecule has 124 valence electrons. The van der Waals surface area contributed by atoms with Gasteiger partial charge in [0.25, 0.3) is 5.91 Å². The van der Waals surface area contributed by atoms with Gasteiger partial charge in [-0.3, -0.25) is 9.59 Å². The maximum absolute atomic E-state index is 12.4. The molecule has 4 heteroatoms. The molecule has 1 N–H and O–H groups in total. The van der Waals surface area contributed by atoms with E-state index in [-0.39, 0.29) is 11.8 Å². The van der Waals surface area contributed by atoms with Crippen molar-refractivity contribution in [2.75, 3.05) is 11.4 Å². The molecule has 1 heterocycles. The molecule has 1 aliphatic rings. The van der Waals surface area contributed by atoms with Gasteiger partial charge in [0.1, 0.15) is 0 Å². The average molecular weight is 322 g/mol. The highest BCUT2D eigenvalue weighted by Crippen LogP contribution is 2.29. The summed E-state index contributed by atoms with van der Waals surface area (Å²) in [6.07, 6.45) is 0.376. The Morgan fingerprint density at radius 2 is 1.96 bits per heavy atom. The summed E-state index contributed by atoms with van der Waals surface area (Å²) in [5, 5.41) is 2.97. The van der Waals surface area contributed by atoms with Crippen molar-refractivity contribution in [2.24, 2.45) is 0 Å². The largest absolute Gasteiger partial charge is 0.348 e. The minimum atomic E-state index is -0.110. The molecule has 2 amide bonds. The van der Waals surface area contributed by atoms with Gasteiger partial charge in [-0.15, -0.1) is 0 Å². The van der Waals surface area contributed by atoms with Crippen molar-refractivity contribution >= 4 is 17.5 Å². The van der Waals surface area contributed by atoms with Gasteiger partial charge in [0.15, 0.2) is 0 Å². The van der Waals surface area contributed by atoms with Crippen LogP contribution in [-0.4, -0.2) is 18.4 Å². The van der Waals surface area contributed by atoms with Crippen LogP contribution in [-0.2, 0) is 17.8 Å². The smallest absolute Gasteiger partial charge is 0.251 e. The molecule has 3 rings (SSSR count). The van der Waals surface area contributed by atoms with Gasteiger partial charge >= 0.3 is 0 Å². The van der Waals surface area contributed by atoms with Crippen LogP contribution in [0.1, 0.15) is 39.5 Å². The first kappa shape index (κ1) is 16.2. The lowest BCUT2D eigenvalue weighted by Crippen LogP contribution is -2.26. The first-order chi connectivity index (χ1) is 11.5. The third-order valence-corrected chi connectivity index (χ3v) is 4.54. The molecule has 0 aliphatic carbocycles. The number of benzene rings is 2. The summed E-state index contributed by atoms with van der Waals surface area (Å²) in [6.45, 7) is 7.20. The molecule has 2 aromatic carbocycles. The van der Waals surface area contributed by atoms with Crippen molar-refractivity contribution in [1.29, 1.82) is 0 Å². The molecule has 0 spiro atoms. The molecular weight excluding hydrogens is 300 g/mol. The topological polar surface area (TPSA) is 49.4 Å². The van der Waals surface area contributed by atoms with Crippen LogP contribution in [0.15, 0.2) is 36.4 Å². The fourth-order valence-electron chi connectivity index (χ4n) is 3.14. The van der Waals surface area contributed by atoms with Gasteiger partial charge in [-0.05, 0) is 55.7 Å². The predicted molar refractivity (Wildman–Crippen MR) is 95.3 cm³/mol. The molecule has 0 unspecified atom stereocenters. The third-order valence-electron chi connectivity index (χ3n) is 4.54. The minimum absolute atomic E-state index is 0.0976. The first-order valence-electron chi connectivity index (χ1n) is 8.27. The normalized spacial score (nSPS) is 13.1. The van der Waals surface area contributed by atoms with Crippen LogP contribution < -0.4 is 10.2 Å². The number of carbonyl (C=O) groups excluding carboxylic acids is 2. The van der Waals surface area contributed by atoms with E-state index in [1.807, 2.05) is 32.9 Å². The average Bonchev–Trinajstić information content (AvgIpc) is 2.89. The van der Waals surface area contributed by atoms with Crippen molar-refractivity contribution in [3.8, 4) is 0 Å². The number of carbonyl (C=O) groups is 2. The van der Waals surface area contributed by atoms with Crippen LogP contribution in [0, 0.1) is 13.8 Å². The standard InChI is InChI=1S/C20H22N2O2/c1-4-22-18-8-7-15(10-16(18)11-19(22)23)20(24)21-12-17-9-13(2)5-6-14(17)3/h5-10H,4,11-12H2,1-3H3,(H,21,24). The van der Waals surface area contributed by atoms with E-state index in [4.69, 9.17) is 0 Å². The van der Waals surface area contributed by atoms with E-state index in [0.29, 0.717) is 25.1 Å². The van der Waals surface area contributed by atoms with E-state index >= 15 is 0 Å². The third kappa shape index (κ3) is 3.04. The summed E-state index contributed by atoms with van der Waals surface area (Å²) in [5.74, 6) is -0.0125. The highest BCUT2D eigenvalue weighted by atomic mass is 16.2. The molecule has 4 nitrogen and oxygen atoms in total. The van der Waals surface area contributed by atoms with Crippen molar-refractivity contribution in [3.63, 3.8) is 0 Å². The van der Waals surface area contributed by atoms with Crippen molar-refractivity contribution < 1.29 is 9.59 Å². The Balaban J connectivity index is 1.74. The Morgan fingerprint density at radius 1 is 1.17 bits per heavy atom. The Bertz CT molecular complexity index is 811. The Morgan fingerprint density at radius 3 is 2.71 bits per heavy atom. The van der Waals surface area contributed by atoms with Crippen molar-refractivity contribution in [3.05, 3.63) is 64.2 Å². The summed E-state index contributed by atoms with van der Waals surface area (Å²) >= 11 is 0. The lowest BCUT2D eigenvalue weighted by Gasteiger charge is -2.15. The number of amides is 2. The number of hydrogen-bond acceptors (Lipinski definition) is 2. The van der Waals surface area contributed by atoms with Crippen LogP contribution in [0.2, 0.25) is 0 Å². The van der Waals surface area contributed by atoms with E-state index in [2.05, 4.69) is 23.5 Å². The van der Waals surface area contributed by atoms with Gasteiger partial charge in [0, 0.05) is 24.3 Å². The number of hydrogen-bond donors (Lipinski definition) is 1. The molecule has 2 aromatic rings. The SMILES string of the molecule is CCN1C(=O)Cc2cc(C(=O)NCc3cc(C)ccc3C)ccc21. The Labute approximate surface area is 142 Å². The zero-order valence-corrected chi connectivity index (χ0v) is 14.3. The molecule has 24 heavy (non-hydrogen) atoms. The monoisotopic (exact) mass is 322 g/mol. The molecular formula is C20H22N2O2. The number of likely N-dealkylation sites (N-methyl/N-ethyl adjacent to an activating group) is 1. The minimum Gasteiger partial charge on any atom is -0.348 e. The lowest BCUT2D eigenvalue weighted by molar-refractivity contribution is -0.117. The summed E-state index contributed by atoms with van der Waals surface area (Å²) in [5.41, 5.74) is 5.93. The Hall–Kier alpha value is -2.62. The van der Waals surface area contributed by atoms with E-state index in [0.717, 1.165) is 16.8 Å². The van der Waals surface area contributed by atoms with Crippen molar-refractivity contribution in [2.45, 2.75) is 33.7 Å². The molecule has 0 saturated carbocycles. The van der Waals surface area contributed by atoms with Crippen LogP contribution in [0.25, 0.3) is 0 Å². The second-order valence-electron chi connectivity index (χ2n) is 6.27. The molecule has 0 bridgehead atoms. The summed E-state index contributed by atoms with van der Waals surface area (Å²) in [6, 6.07) is 11.7. The predicted octanol–water partition coefficient (Wildman–Crippen LogP) is 3.14. The van der Waals surface area contributed by atoms with Crippen LogP contribution in [0.3, 0.4) is 0 Å². The molecule has 0 atom stereocenters. The van der Waals surface area contributed by atoms with E-state index < -0.39 is 0 Å². The van der Waals surface area contributed by atoms with Gasteiger partial charge in [-0.2, -0.15) is 0 Å². The number of aryl methyl sites for hydroxylation is 2. The van der Waals surface area contributed by atoms with E-state index in [1.165, 1.54) is 11.1 Å². The van der Waals surface area contributed by atoms with Gasteiger partial charge < -0.3 is 10.2 Å². The van der Waals surface area contributed by atoms with E-state index in [9.17, 15) is 9.59 Å². The zero-order valence-electron chi connectivity index (χ0n) is 14.3. The van der Waals surface area contributed by atoms with E-state index in [1.54, 1.807) is 11.0 Å². The van der Waals surface area contributed by atoms with Gasteiger partial charge in [0.2, 0.25) is 5.91 Å². The van der Waals surface area contributed by atoms with Gasteiger partial charge in [-0.25, -0.2) is 0 Å². The molecule has 1 aliphatic heterocycles. The Kier molecular flexibility index (Phi) is 4.38. The molecule has 0 aromatic heterocycles. The second-order valence-corrected chi connectivity index (χ2v) is 6.27. The zero-order chi connectivity index (χ0) is 17.3. The maximum atomic E-state index is 12.4. The first-order valence-corrected chi connectivity index (χ1v) is 8.27. The fraction of sp³-hybridized carbons (Fsp3) is 0.300. The number of nitrogens with one attached hydrogen (secondary N) is 1. The molecule has 0 fully saturated rings. The highest BCUT2D eigenvalue weighted by molar-refractivity contribution is 6.03. The quantitative estimate of drug-likeness (QED) is 0.940. The highest BCUT2D eigenvalue weighted by Gasteiger charge is 2.26. The maximum Gasteiger partial charge on any atom is 0.251 e. The van der Waals surface area contributed by atoms with Gasteiger partial charge in [-0.1, -0.05) is 23.8 Å². The summed E-state index contributed by atoms with van der Waals surface area (Å²) in [4.78, 5) is 26.1. The second kappa shape index (κ2) is 6.48. The fourth-order valence-corrected chi connectivity index (χ4v) is 3.14. The van der Waals surface area contributed by atoms with Crippen molar-refractivity contribution in [1.82, 2.24) is 5.32 Å². The molecule has 0 radical (unpaired) electrons. The number of rotatable bonds is 4. The molecule has 0 saturated heterocycles. The van der Waals surface area contributed by atoms with Crippen LogP contribution in [0.5, 0.6) is 0 Å².